The summed E-state index contributed by atoms with van der Waals surface area (Å²) in [7, 11) is 0. The Kier molecular flexibility index (Phi) is 5.96. The fourth-order valence-corrected chi connectivity index (χ4v) is 3.45. The predicted octanol–water partition coefficient (Wildman–Crippen LogP) is 4.18. The SMILES string of the molecule is CCc1cccc(NC(=O)C(Cc2c[nH]c3ccc(Br)cc23)NC(C)=O)c1. The van der Waals surface area contributed by atoms with Crippen molar-refractivity contribution >= 4 is 44.3 Å². The van der Waals surface area contributed by atoms with E-state index < -0.39 is 6.04 Å². The highest BCUT2D eigenvalue weighted by Gasteiger charge is 2.22. The summed E-state index contributed by atoms with van der Waals surface area (Å²) in [6, 6.07) is 13.0. The lowest BCUT2D eigenvalue weighted by molar-refractivity contribution is -0.125. The van der Waals surface area contributed by atoms with Crippen molar-refractivity contribution in [3.8, 4) is 0 Å². The molecule has 3 rings (SSSR count). The molecule has 0 saturated heterocycles. The normalized spacial score (nSPS) is 12.0. The quantitative estimate of drug-likeness (QED) is 0.551. The van der Waals surface area contributed by atoms with Crippen LogP contribution in [0.5, 0.6) is 0 Å². The van der Waals surface area contributed by atoms with Gasteiger partial charge < -0.3 is 15.6 Å². The number of hydrogen-bond acceptors (Lipinski definition) is 2. The smallest absolute Gasteiger partial charge is 0.247 e. The third-order valence-electron chi connectivity index (χ3n) is 4.45. The molecule has 0 saturated carbocycles. The van der Waals surface area contributed by atoms with Gasteiger partial charge in [0.15, 0.2) is 0 Å². The van der Waals surface area contributed by atoms with E-state index in [4.69, 9.17) is 0 Å². The fraction of sp³-hybridized carbons (Fsp3) is 0.238. The van der Waals surface area contributed by atoms with Crippen molar-refractivity contribution in [1.82, 2.24) is 10.3 Å². The number of anilines is 1. The Labute approximate surface area is 166 Å². The Morgan fingerprint density at radius 2 is 2.00 bits per heavy atom. The van der Waals surface area contributed by atoms with Crippen LogP contribution in [0.1, 0.15) is 25.0 Å². The van der Waals surface area contributed by atoms with Gasteiger partial charge in [0, 0.05) is 40.6 Å². The Morgan fingerprint density at radius 3 is 2.74 bits per heavy atom. The number of halogens is 1. The summed E-state index contributed by atoms with van der Waals surface area (Å²) in [5, 5.41) is 6.72. The van der Waals surface area contributed by atoms with Gasteiger partial charge in [-0.1, -0.05) is 35.0 Å². The maximum absolute atomic E-state index is 12.8. The van der Waals surface area contributed by atoms with Crippen molar-refractivity contribution in [2.75, 3.05) is 5.32 Å². The molecule has 0 aliphatic heterocycles. The van der Waals surface area contributed by atoms with E-state index in [0.717, 1.165) is 38.6 Å². The minimum atomic E-state index is -0.661. The molecule has 5 nitrogen and oxygen atoms in total. The molecule has 0 aliphatic carbocycles. The van der Waals surface area contributed by atoms with Crippen molar-refractivity contribution in [2.24, 2.45) is 0 Å². The number of rotatable bonds is 6. The number of fused-ring (bicyclic) bond motifs is 1. The molecule has 0 radical (unpaired) electrons. The molecule has 1 aromatic heterocycles. The Hall–Kier alpha value is -2.60. The molecular weight excluding hydrogens is 406 g/mol. The summed E-state index contributed by atoms with van der Waals surface area (Å²) >= 11 is 3.48. The minimum Gasteiger partial charge on any atom is -0.361 e. The van der Waals surface area contributed by atoms with E-state index in [2.05, 4.69) is 38.5 Å². The molecule has 0 bridgehead atoms. The molecule has 1 unspecified atom stereocenters. The van der Waals surface area contributed by atoms with E-state index in [1.165, 1.54) is 6.92 Å². The lowest BCUT2D eigenvalue weighted by Gasteiger charge is -2.18. The molecule has 0 spiro atoms. The van der Waals surface area contributed by atoms with Crippen LogP contribution in [-0.4, -0.2) is 22.8 Å². The first-order valence-corrected chi connectivity index (χ1v) is 9.68. The standard InChI is InChI=1S/C21H22BrN3O2/c1-3-14-5-4-6-17(9-14)25-21(27)20(24-13(2)26)10-15-12-23-19-8-7-16(22)11-18(15)19/h4-9,11-12,20,23H,3,10H2,1-2H3,(H,24,26)(H,25,27). The Morgan fingerprint density at radius 1 is 1.19 bits per heavy atom. The van der Waals surface area contributed by atoms with E-state index in [0.29, 0.717) is 6.42 Å². The monoisotopic (exact) mass is 427 g/mol. The average molecular weight is 428 g/mol. The van der Waals surface area contributed by atoms with Gasteiger partial charge in [-0.15, -0.1) is 0 Å². The first-order chi connectivity index (χ1) is 13.0. The zero-order chi connectivity index (χ0) is 19.4. The molecule has 0 aliphatic rings. The van der Waals surface area contributed by atoms with Gasteiger partial charge >= 0.3 is 0 Å². The molecule has 6 heteroatoms. The van der Waals surface area contributed by atoms with Crippen molar-refractivity contribution in [1.29, 1.82) is 0 Å². The number of aromatic amines is 1. The van der Waals surface area contributed by atoms with E-state index in [1.807, 2.05) is 48.7 Å². The highest BCUT2D eigenvalue weighted by Crippen LogP contribution is 2.24. The second-order valence-corrected chi connectivity index (χ2v) is 7.42. The number of aryl methyl sites for hydroxylation is 1. The maximum atomic E-state index is 12.8. The predicted molar refractivity (Wildman–Crippen MR) is 112 cm³/mol. The Bertz CT molecular complexity index is 980. The second kappa shape index (κ2) is 8.39. The summed E-state index contributed by atoms with van der Waals surface area (Å²) in [6.45, 7) is 3.49. The summed E-state index contributed by atoms with van der Waals surface area (Å²) in [4.78, 5) is 27.7. The molecule has 0 fully saturated rings. The van der Waals surface area contributed by atoms with Gasteiger partial charge in [-0.05, 0) is 47.9 Å². The highest BCUT2D eigenvalue weighted by molar-refractivity contribution is 9.10. The number of benzene rings is 2. The van der Waals surface area contributed by atoms with E-state index in [1.54, 1.807) is 0 Å². The van der Waals surface area contributed by atoms with Gasteiger partial charge in [-0.2, -0.15) is 0 Å². The zero-order valence-electron chi connectivity index (χ0n) is 15.3. The number of hydrogen-bond donors (Lipinski definition) is 3. The lowest BCUT2D eigenvalue weighted by atomic mass is 10.0. The topological polar surface area (TPSA) is 74.0 Å². The van der Waals surface area contributed by atoms with E-state index >= 15 is 0 Å². The summed E-state index contributed by atoms with van der Waals surface area (Å²) in [6.07, 6.45) is 3.18. The van der Waals surface area contributed by atoms with Crippen molar-refractivity contribution < 1.29 is 9.59 Å². The minimum absolute atomic E-state index is 0.234. The molecule has 2 amide bonds. The van der Waals surface area contributed by atoms with Gasteiger partial charge in [-0.3, -0.25) is 9.59 Å². The van der Waals surface area contributed by atoms with Crippen LogP contribution in [0.2, 0.25) is 0 Å². The van der Waals surface area contributed by atoms with Gasteiger partial charge in [0.25, 0.3) is 0 Å². The second-order valence-electron chi connectivity index (χ2n) is 6.50. The number of carbonyl (C=O) groups is 2. The van der Waals surface area contributed by atoms with E-state index in [9.17, 15) is 9.59 Å². The summed E-state index contributed by atoms with van der Waals surface area (Å²) < 4.78 is 0.966. The number of amides is 2. The van der Waals surface area contributed by atoms with Crippen LogP contribution in [0.15, 0.2) is 53.1 Å². The first kappa shape index (κ1) is 19.2. The Balaban J connectivity index is 1.83. The molecular formula is C21H22BrN3O2. The van der Waals surface area contributed by atoms with E-state index in [-0.39, 0.29) is 11.8 Å². The molecule has 140 valence electrons. The lowest BCUT2D eigenvalue weighted by Crippen LogP contribution is -2.44. The molecule has 3 N–H and O–H groups in total. The van der Waals surface area contributed by atoms with Crippen molar-refractivity contribution in [3.05, 3.63) is 64.3 Å². The highest BCUT2D eigenvalue weighted by atomic mass is 79.9. The van der Waals surface area contributed by atoms with Crippen LogP contribution in [0.3, 0.4) is 0 Å². The fourth-order valence-electron chi connectivity index (χ4n) is 3.09. The molecule has 2 aromatic carbocycles. The first-order valence-electron chi connectivity index (χ1n) is 8.88. The zero-order valence-corrected chi connectivity index (χ0v) is 16.9. The van der Waals surface area contributed by atoms with Gasteiger partial charge in [0.1, 0.15) is 6.04 Å². The van der Waals surface area contributed by atoms with Crippen molar-refractivity contribution in [2.45, 2.75) is 32.7 Å². The van der Waals surface area contributed by atoms with Crippen LogP contribution >= 0.6 is 15.9 Å². The molecule has 1 heterocycles. The third-order valence-corrected chi connectivity index (χ3v) is 4.94. The molecule has 3 aromatic rings. The van der Waals surface area contributed by atoms with Gasteiger partial charge in [-0.25, -0.2) is 0 Å². The summed E-state index contributed by atoms with van der Waals surface area (Å²) in [5.74, 6) is -0.471. The third kappa shape index (κ3) is 4.77. The number of carbonyl (C=O) groups excluding carboxylic acids is 2. The van der Waals surface area contributed by atoms with Crippen LogP contribution in [0.4, 0.5) is 5.69 Å². The largest absolute Gasteiger partial charge is 0.361 e. The van der Waals surface area contributed by atoms with Crippen LogP contribution in [0, 0.1) is 0 Å². The van der Waals surface area contributed by atoms with Crippen LogP contribution in [0.25, 0.3) is 10.9 Å². The number of aromatic nitrogens is 1. The number of nitrogens with one attached hydrogen (secondary N) is 3. The molecule has 1 atom stereocenters. The van der Waals surface area contributed by atoms with Crippen LogP contribution in [-0.2, 0) is 22.4 Å². The average Bonchev–Trinajstić information content (AvgIpc) is 3.03. The van der Waals surface area contributed by atoms with Crippen LogP contribution < -0.4 is 10.6 Å². The molecule has 27 heavy (non-hydrogen) atoms. The van der Waals surface area contributed by atoms with Crippen molar-refractivity contribution in [3.63, 3.8) is 0 Å². The summed E-state index contributed by atoms with van der Waals surface area (Å²) in [5.41, 5.74) is 3.84. The maximum Gasteiger partial charge on any atom is 0.247 e. The number of H-pyrrole nitrogens is 1. The van der Waals surface area contributed by atoms with Gasteiger partial charge in [0.05, 0.1) is 0 Å². The van der Waals surface area contributed by atoms with Gasteiger partial charge in [0.2, 0.25) is 11.8 Å².